The molecule has 1 N–H and O–H groups in total. The average molecular weight is 379 g/mol. The van der Waals surface area contributed by atoms with Gasteiger partial charge in [0.25, 0.3) is 5.91 Å². The number of aliphatic hydroxyl groups is 1. The maximum absolute atomic E-state index is 12.4. The molecule has 8 heteroatoms. The van der Waals surface area contributed by atoms with Gasteiger partial charge in [0, 0.05) is 31.8 Å². The van der Waals surface area contributed by atoms with Crippen molar-refractivity contribution >= 4 is 51.9 Å². The van der Waals surface area contributed by atoms with Crippen LogP contribution in [0, 0.1) is 0 Å². The lowest BCUT2D eigenvalue weighted by molar-refractivity contribution is -0.305. The SMILES string of the molecule is CN(CCO)c1ccc(/C=C2\SC(=S)N(CCCC(=O)[O-])C2=O)cc1. The molecule has 6 nitrogen and oxygen atoms in total. The number of hydrogen-bond acceptors (Lipinski definition) is 7. The topological polar surface area (TPSA) is 83.9 Å². The van der Waals surface area contributed by atoms with Gasteiger partial charge in [-0.2, -0.15) is 0 Å². The van der Waals surface area contributed by atoms with Crippen molar-refractivity contribution in [1.29, 1.82) is 0 Å². The van der Waals surface area contributed by atoms with Gasteiger partial charge in [-0.3, -0.25) is 9.69 Å². The number of benzene rings is 1. The van der Waals surface area contributed by atoms with Crippen molar-refractivity contribution in [3.05, 3.63) is 34.7 Å². The van der Waals surface area contributed by atoms with E-state index in [0.29, 0.717) is 22.2 Å². The molecule has 1 heterocycles. The maximum atomic E-state index is 12.4. The molecular formula is C17H19N2O4S2-. The quantitative estimate of drug-likeness (QED) is 0.529. The molecule has 0 radical (unpaired) electrons. The number of likely N-dealkylation sites (N-methyl/N-ethyl adjacent to an activating group) is 1. The van der Waals surface area contributed by atoms with Gasteiger partial charge in [0.05, 0.1) is 11.5 Å². The van der Waals surface area contributed by atoms with E-state index >= 15 is 0 Å². The van der Waals surface area contributed by atoms with Gasteiger partial charge < -0.3 is 19.9 Å². The first kappa shape index (κ1) is 19.4. The Hall–Kier alpha value is -1.90. The van der Waals surface area contributed by atoms with Crippen molar-refractivity contribution in [3.63, 3.8) is 0 Å². The first-order chi connectivity index (χ1) is 11.9. The summed E-state index contributed by atoms with van der Waals surface area (Å²) in [6, 6.07) is 7.63. The molecular weight excluding hydrogens is 360 g/mol. The number of carboxylic acid groups (broad SMARTS) is 1. The molecule has 25 heavy (non-hydrogen) atoms. The van der Waals surface area contributed by atoms with Crippen molar-refractivity contribution in [3.8, 4) is 0 Å². The van der Waals surface area contributed by atoms with E-state index in [1.165, 1.54) is 16.7 Å². The number of thioether (sulfide) groups is 1. The Balaban J connectivity index is 2.04. The highest BCUT2D eigenvalue weighted by Gasteiger charge is 2.31. The summed E-state index contributed by atoms with van der Waals surface area (Å²) in [7, 11) is 1.89. The number of carboxylic acids is 1. The van der Waals surface area contributed by atoms with E-state index in [9.17, 15) is 14.7 Å². The van der Waals surface area contributed by atoms with Crippen LogP contribution >= 0.6 is 24.0 Å². The number of thiocarbonyl (C=S) groups is 1. The van der Waals surface area contributed by atoms with Crippen LogP contribution in [0.1, 0.15) is 18.4 Å². The van der Waals surface area contributed by atoms with Crippen LogP contribution in [-0.4, -0.2) is 52.9 Å². The minimum atomic E-state index is -1.13. The molecule has 0 atom stereocenters. The van der Waals surface area contributed by atoms with Crippen molar-refractivity contribution in [1.82, 2.24) is 4.90 Å². The predicted molar refractivity (Wildman–Crippen MR) is 101 cm³/mol. The largest absolute Gasteiger partial charge is 0.550 e. The van der Waals surface area contributed by atoms with Crippen LogP contribution in [0.4, 0.5) is 5.69 Å². The van der Waals surface area contributed by atoms with Gasteiger partial charge in [-0.05, 0) is 36.6 Å². The molecule has 0 spiro atoms. The number of rotatable bonds is 8. The fraction of sp³-hybridized carbons (Fsp3) is 0.353. The fourth-order valence-corrected chi connectivity index (χ4v) is 3.64. The molecule has 1 aromatic rings. The third kappa shape index (κ3) is 5.29. The second kappa shape index (κ2) is 8.98. The third-order valence-electron chi connectivity index (χ3n) is 3.70. The second-order valence-corrected chi connectivity index (χ2v) is 7.22. The lowest BCUT2D eigenvalue weighted by Gasteiger charge is -2.17. The summed E-state index contributed by atoms with van der Waals surface area (Å²) in [5.41, 5.74) is 1.84. The first-order valence-corrected chi connectivity index (χ1v) is 9.02. The van der Waals surface area contributed by atoms with Crippen LogP contribution in [0.3, 0.4) is 0 Å². The minimum Gasteiger partial charge on any atom is -0.550 e. The Morgan fingerprint density at radius 1 is 1.40 bits per heavy atom. The van der Waals surface area contributed by atoms with Gasteiger partial charge in [0.15, 0.2) is 0 Å². The normalized spacial score (nSPS) is 15.9. The number of amides is 1. The van der Waals surface area contributed by atoms with Crippen LogP contribution in [0.15, 0.2) is 29.2 Å². The Bertz CT molecular complexity index is 688. The molecule has 1 amide bonds. The molecule has 0 bridgehead atoms. The summed E-state index contributed by atoms with van der Waals surface area (Å²) >= 11 is 6.42. The number of aliphatic hydroxyl groups excluding tert-OH is 1. The predicted octanol–water partition coefficient (Wildman–Crippen LogP) is 0.846. The average Bonchev–Trinajstić information content (AvgIpc) is 2.83. The molecule has 1 aliphatic heterocycles. The van der Waals surface area contributed by atoms with E-state index in [2.05, 4.69) is 0 Å². The summed E-state index contributed by atoms with van der Waals surface area (Å²) < 4.78 is 0.439. The monoisotopic (exact) mass is 379 g/mol. The molecule has 1 aromatic carbocycles. The van der Waals surface area contributed by atoms with Crippen molar-refractivity contribution in [2.45, 2.75) is 12.8 Å². The van der Waals surface area contributed by atoms with Gasteiger partial charge in [-0.1, -0.05) is 36.1 Å². The molecule has 1 aliphatic rings. The number of hydrogen-bond donors (Lipinski definition) is 1. The second-order valence-electron chi connectivity index (χ2n) is 5.55. The molecule has 134 valence electrons. The number of nitrogens with zero attached hydrogens (tertiary/aromatic N) is 2. The van der Waals surface area contributed by atoms with E-state index in [4.69, 9.17) is 17.3 Å². The molecule has 0 unspecified atom stereocenters. The molecule has 0 aliphatic carbocycles. The van der Waals surface area contributed by atoms with Crippen LogP contribution in [-0.2, 0) is 9.59 Å². The number of aliphatic carboxylic acids is 1. The molecule has 1 saturated heterocycles. The van der Waals surface area contributed by atoms with E-state index in [-0.39, 0.29) is 25.5 Å². The van der Waals surface area contributed by atoms with Crippen LogP contribution in [0.5, 0.6) is 0 Å². The van der Waals surface area contributed by atoms with Gasteiger partial charge in [0.1, 0.15) is 4.32 Å². The van der Waals surface area contributed by atoms with E-state index in [1.54, 1.807) is 6.08 Å². The van der Waals surface area contributed by atoms with Crippen LogP contribution in [0.25, 0.3) is 6.08 Å². The maximum Gasteiger partial charge on any atom is 0.266 e. The zero-order valence-corrected chi connectivity index (χ0v) is 15.4. The third-order valence-corrected chi connectivity index (χ3v) is 5.08. The Labute approximate surface area is 156 Å². The highest BCUT2D eigenvalue weighted by molar-refractivity contribution is 8.26. The molecule has 0 saturated carbocycles. The minimum absolute atomic E-state index is 0.0820. The fourth-order valence-electron chi connectivity index (χ4n) is 2.33. The van der Waals surface area contributed by atoms with Crippen molar-refractivity contribution in [2.75, 3.05) is 31.6 Å². The van der Waals surface area contributed by atoms with E-state index in [0.717, 1.165) is 11.3 Å². The summed E-state index contributed by atoms with van der Waals surface area (Å²) in [5.74, 6) is -1.33. The van der Waals surface area contributed by atoms with Gasteiger partial charge in [-0.25, -0.2) is 0 Å². The number of carbonyl (C=O) groups excluding carboxylic acids is 2. The van der Waals surface area contributed by atoms with E-state index < -0.39 is 5.97 Å². The number of carbonyl (C=O) groups is 2. The Kier molecular flexibility index (Phi) is 6.98. The Morgan fingerprint density at radius 3 is 2.68 bits per heavy atom. The highest BCUT2D eigenvalue weighted by Crippen LogP contribution is 2.32. The summed E-state index contributed by atoms with van der Waals surface area (Å²) in [6.45, 7) is 0.906. The number of anilines is 1. The molecule has 2 rings (SSSR count). The summed E-state index contributed by atoms with van der Waals surface area (Å²) in [6.07, 6.45) is 1.99. The summed E-state index contributed by atoms with van der Waals surface area (Å²) in [5, 5.41) is 19.4. The lowest BCUT2D eigenvalue weighted by atomic mass is 10.2. The van der Waals surface area contributed by atoms with Crippen molar-refractivity contribution < 1.29 is 19.8 Å². The van der Waals surface area contributed by atoms with Crippen molar-refractivity contribution in [2.24, 2.45) is 0 Å². The van der Waals surface area contributed by atoms with Crippen LogP contribution < -0.4 is 10.0 Å². The van der Waals surface area contributed by atoms with Gasteiger partial charge >= 0.3 is 0 Å². The zero-order valence-electron chi connectivity index (χ0n) is 13.8. The summed E-state index contributed by atoms with van der Waals surface area (Å²) in [4.78, 5) is 26.8. The highest BCUT2D eigenvalue weighted by atomic mass is 32.2. The molecule has 0 aromatic heterocycles. The van der Waals surface area contributed by atoms with Gasteiger partial charge in [0.2, 0.25) is 0 Å². The lowest BCUT2D eigenvalue weighted by Crippen LogP contribution is -2.30. The first-order valence-electron chi connectivity index (χ1n) is 7.79. The molecule has 1 fully saturated rings. The Morgan fingerprint density at radius 2 is 2.08 bits per heavy atom. The van der Waals surface area contributed by atoms with E-state index in [1.807, 2.05) is 36.2 Å². The van der Waals surface area contributed by atoms with Gasteiger partial charge in [-0.15, -0.1) is 0 Å². The zero-order chi connectivity index (χ0) is 18.4. The van der Waals surface area contributed by atoms with Crippen LogP contribution in [0.2, 0.25) is 0 Å². The smallest absolute Gasteiger partial charge is 0.266 e. The standard InChI is InChI=1S/C17H20N2O4S2/c1-18(9-10-20)13-6-4-12(5-7-13)11-14-16(23)19(17(24)25-14)8-2-3-15(21)22/h4-7,11,20H,2-3,8-10H2,1H3,(H,21,22)/p-1/b14-11-.